The lowest BCUT2D eigenvalue weighted by Gasteiger charge is -2.21. The van der Waals surface area contributed by atoms with Crippen molar-refractivity contribution in [2.45, 2.75) is 13.1 Å². The minimum absolute atomic E-state index is 0.0863. The largest absolute Gasteiger partial charge is 0.504 e. The highest BCUT2D eigenvalue weighted by Gasteiger charge is 2.24. The number of hydrogen-bond donors (Lipinski definition) is 1. The summed E-state index contributed by atoms with van der Waals surface area (Å²) < 4.78 is 19.9. The Bertz CT molecular complexity index is 1090. The molecule has 0 saturated carbocycles. The van der Waals surface area contributed by atoms with E-state index in [0.717, 1.165) is 5.56 Å². The van der Waals surface area contributed by atoms with Gasteiger partial charge in [-0.05, 0) is 42.0 Å². The summed E-state index contributed by atoms with van der Waals surface area (Å²) in [6.07, 6.45) is 2.87. The van der Waals surface area contributed by atoms with Crippen molar-refractivity contribution in [1.29, 1.82) is 0 Å². The number of aromatic hydroxyl groups is 1. The highest BCUT2D eigenvalue weighted by atomic mass is 19.1. The third kappa shape index (κ3) is 4.19. The molecule has 6 nitrogen and oxygen atoms in total. The standard InChI is InChI=1S/C22H18FN3O3/c23-17-8-10-18(11-9-17)26-15-20(27)21(24-26)22(28)25(14-19-7-4-12-29-19)13-16-5-2-1-3-6-16/h1-12,15,27H,13-14H2. The molecule has 0 unspecified atom stereocenters. The van der Waals surface area contributed by atoms with Crippen LogP contribution in [-0.2, 0) is 13.1 Å². The van der Waals surface area contributed by atoms with E-state index in [1.807, 2.05) is 30.3 Å². The lowest BCUT2D eigenvalue weighted by atomic mass is 10.2. The van der Waals surface area contributed by atoms with Gasteiger partial charge in [0.2, 0.25) is 0 Å². The van der Waals surface area contributed by atoms with Crippen LogP contribution in [0.25, 0.3) is 5.69 Å². The summed E-state index contributed by atoms with van der Waals surface area (Å²) >= 11 is 0. The fourth-order valence-electron chi connectivity index (χ4n) is 2.99. The van der Waals surface area contributed by atoms with E-state index < -0.39 is 5.91 Å². The maximum atomic E-state index is 13.2. The van der Waals surface area contributed by atoms with E-state index in [2.05, 4.69) is 5.10 Å². The number of halogens is 1. The van der Waals surface area contributed by atoms with Crippen LogP contribution in [0.4, 0.5) is 4.39 Å². The van der Waals surface area contributed by atoms with Crippen molar-refractivity contribution in [3.8, 4) is 11.4 Å². The average molecular weight is 391 g/mol. The SMILES string of the molecule is O=C(c1nn(-c2ccc(F)cc2)cc1O)N(Cc1ccccc1)Cc1ccco1. The van der Waals surface area contributed by atoms with Crippen LogP contribution >= 0.6 is 0 Å². The summed E-state index contributed by atoms with van der Waals surface area (Å²) in [6, 6.07) is 18.7. The van der Waals surface area contributed by atoms with Gasteiger partial charge >= 0.3 is 0 Å². The number of amides is 1. The minimum atomic E-state index is -0.441. The van der Waals surface area contributed by atoms with E-state index in [1.54, 1.807) is 23.3 Å². The van der Waals surface area contributed by atoms with Crippen molar-refractivity contribution in [2.75, 3.05) is 0 Å². The molecule has 0 radical (unpaired) electrons. The second-order valence-electron chi connectivity index (χ2n) is 6.51. The van der Waals surface area contributed by atoms with Gasteiger partial charge in [-0.25, -0.2) is 9.07 Å². The number of carbonyl (C=O) groups is 1. The zero-order chi connectivity index (χ0) is 20.2. The number of furan rings is 1. The van der Waals surface area contributed by atoms with Crippen molar-refractivity contribution < 1.29 is 18.7 Å². The van der Waals surface area contributed by atoms with Crippen LogP contribution in [-0.4, -0.2) is 25.7 Å². The molecule has 2 aromatic carbocycles. The van der Waals surface area contributed by atoms with E-state index >= 15 is 0 Å². The second-order valence-corrected chi connectivity index (χ2v) is 6.51. The van der Waals surface area contributed by atoms with Crippen molar-refractivity contribution in [3.63, 3.8) is 0 Å². The van der Waals surface area contributed by atoms with Crippen LogP contribution in [0.15, 0.2) is 83.6 Å². The Labute approximate surface area is 166 Å². The predicted molar refractivity (Wildman–Crippen MR) is 104 cm³/mol. The van der Waals surface area contributed by atoms with Crippen LogP contribution < -0.4 is 0 Å². The molecule has 0 aliphatic carbocycles. The first kappa shape index (κ1) is 18.5. The Morgan fingerprint density at radius 3 is 2.48 bits per heavy atom. The molecule has 0 atom stereocenters. The molecule has 4 aromatic rings. The molecular formula is C22H18FN3O3. The van der Waals surface area contributed by atoms with Crippen LogP contribution in [0.2, 0.25) is 0 Å². The van der Waals surface area contributed by atoms with E-state index in [1.165, 1.54) is 35.1 Å². The number of hydrogen-bond acceptors (Lipinski definition) is 4. The summed E-state index contributed by atoms with van der Waals surface area (Å²) in [5.41, 5.74) is 1.38. The van der Waals surface area contributed by atoms with E-state index in [9.17, 15) is 14.3 Å². The van der Waals surface area contributed by atoms with Gasteiger partial charge in [-0.3, -0.25) is 4.79 Å². The highest BCUT2D eigenvalue weighted by molar-refractivity contribution is 5.94. The average Bonchev–Trinajstić information content (AvgIpc) is 3.38. The van der Waals surface area contributed by atoms with Crippen molar-refractivity contribution >= 4 is 5.91 Å². The van der Waals surface area contributed by atoms with E-state index in [4.69, 9.17) is 4.42 Å². The van der Waals surface area contributed by atoms with Crippen LogP contribution in [0, 0.1) is 5.82 Å². The van der Waals surface area contributed by atoms with Gasteiger partial charge in [-0.1, -0.05) is 30.3 Å². The molecule has 0 bridgehead atoms. The van der Waals surface area contributed by atoms with Gasteiger partial charge in [-0.15, -0.1) is 0 Å². The molecule has 0 fully saturated rings. The van der Waals surface area contributed by atoms with Gasteiger partial charge in [0.1, 0.15) is 11.6 Å². The topological polar surface area (TPSA) is 71.5 Å². The molecule has 7 heteroatoms. The maximum absolute atomic E-state index is 13.2. The van der Waals surface area contributed by atoms with Crippen LogP contribution in [0.3, 0.4) is 0 Å². The minimum Gasteiger partial charge on any atom is -0.504 e. The van der Waals surface area contributed by atoms with E-state index in [-0.39, 0.29) is 23.8 Å². The Balaban J connectivity index is 1.63. The summed E-state index contributed by atoms with van der Waals surface area (Å²) in [5, 5.41) is 14.6. The van der Waals surface area contributed by atoms with Gasteiger partial charge < -0.3 is 14.4 Å². The first-order chi connectivity index (χ1) is 14.1. The summed E-state index contributed by atoms with van der Waals surface area (Å²) in [5.74, 6) is -0.457. The summed E-state index contributed by atoms with van der Waals surface area (Å²) in [4.78, 5) is 14.7. The third-order valence-electron chi connectivity index (χ3n) is 4.42. The van der Waals surface area contributed by atoms with Crippen molar-refractivity contribution in [2.24, 2.45) is 0 Å². The summed E-state index contributed by atoms with van der Waals surface area (Å²) in [7, 11) is 0. The number of rotatable bonds is 6. The van der Waals surface area contributed by atoms with Crippen LogP contribution in [0.1, 0.15) is 21.8 Å². The lowest BCUT2D eigenvalue weighted by Crippen LogP contribution is -2.30. The van der Waals surface area contributed by atoms with E-state index in [0.29, 0.717) is 18.0 Å². The smallest absolute Gasteiger partial charge is 0.278 e. The molecule has 1 N–H and O–H groups in total. The molecule has 0 aliphatic heterocycles. The van der Waals surface area contributed by atoms with Gasteiger partial charge in [0.25, 0.3) is 5.91 Å². The molecule has 2 aromatic heterocycles. The molecule has 0 saturated heterocycles. The van der Waals surface area contributed by atoms with Crippen molar-refractivity contribution in [3.05, 3.63) is 102 Å². The second kappa shape index (κ2) is 8.02. The Morgan fingerprint density at radius 1 is 1.03 bits per heavy atom. The van der Waals surface area contributed by atoms with Gasteiger partial charge in [0.15, 0.2) is 11.4 Å². The van der Waals surface area contributed by atoms with Crippen LogP contribution in [0.5, 0.6) is 5.75 Å². The Hall–Kier alpha value is -3.87. The number of carbonyl (C=O) groups excluding carboxylic acids is 1. The molecule has 4 rings (SSSR count). The van der Waals surface area contributed by atoms with Crippen molar-refractivity contribution in [1.82, 2.24) is 14.7 Å². The monoisotopic (exact) mass is 391 g/mol. The molecule has 2 heterocycles. The first-order valence-electron chi connectivity index (χ1n) is 9.00. The quantitative estimate of drug-likeness (QED) is 0.536. The van der Waals surface area contributed by atoms with Gasteiger partial charge in [0, 0.05) is 6.54 Å². The number of benzene rings is 2. The molecule has 1 amide bonds. The van der Waals surface area contributed by atoms with Gasteiger partial charge in [-0.2, -0.15) is 5.10 Å². The molecular weight excluding hydrogens is 373 g/mol. The zero-order valence-electron chi connectivity index (χ0n) is 15.4. The Morgan fingerprint density at radius 2 is 1.79 bits per heavy atom. The lowest BCUT2D eigenvalue weighted by molar-refractivity contribution is 0.0708. The third-order valence-corrected chi connectivity index (χ3v) is 4.42. The zero-order valence-corrected chi connectivity index (χ0v) is 15.4. The Kier molecular flexibility index (Phi) is 5.11. The fourth-order valence-corrected chi connectivity index (χ4v) is 2.99. The maximum Gasteiger partial charge on any atom is 0.278 e. The fraction of sp³-hybridized carbons (Fsp3) is 0.0909. The number of nitrogens with zero attached hydrogens (tertiary/aromatic N) is 3. The summed E-state index contributed by atoms with van der Waals surface area (Å²) in [6.45, 7) is 0.548. The molecule has 29 heavy (non-hydrogen) atoms. The predicted octanol–water partition coefficient (Wildman–Crippen LogP) is 4.15. The highest BCUT2D eigenvalue weighted by Crippen LogP contribution is 2.22. The number of aromatic nitrogens is 2. The van der Waals surface area contributed by atoms with Gasteiger partial charge in [0.05, 0.1) is 24.7 Å². The molecule has 0 spiro atoms. The molecule has 0 aliphatic rings. The molecule has 146 valence electrons. The normalized spacial score (nSPS) is 10.8. The first-order valence-corrected chi connectivity index (χ1v) is 9.00.